The van der Waals surface area contributed by atoms with E-state index in [4.69, 9.17) is 16.0 Å². The summed E-state index contributed by atoms with van der Waals surface area (Å²) in [6.07, 6.45) is 4.89. The van der Waals surface area contributed by atoms with Gasteiger partial charge in [-0.05, 0) is 55.5 Å². The number of nitrogens with one attached hydrogen (secondary N) is 2. The molecule has 6 aromatic rings. The van der Waals surface area contributed by atoms with Crippen molar-refractivity contribution in [3.05, 3.63) is 99.7 Å². The summed E-state index contributed by atoms with van der Waals surface area (Å²) in [6, 6.07) is 15.8. The lowest BCUT2D eigenvalue weighted by Gasteiger charge is -2.09. The number of benzene rings is 2. The van der Waals surface area contributed by atoms with Crippen molar-refractivity contribution in [1.82, 2.24) is 24.7 Å². The second-order valence-corrected chi connectivity index (χ2v) is 8.61. The van der Waals surface area contributed by atoms with E-state index in [9.17, 15) is 9.59 Å². The van der Waals surface area contributed by atoms with Crippen LogP contribution in [-0.2, 0) is 0 Å². The minimum Gasteiger partial charge on any atom is -0.449 e. The molecule has 0 atom stereocenters. The molecule has 4 aromatic heterocycles. The molecule has 36 heavy (non-hydrogen) atoms. The number of nitrogens with zero attached hydrogens (tertiary/aromatic N) is 4. The van der Waals surface area contributed by atoms with Gasteiger partial charge in [-0.15, -0.1) is 0 Å². The van der Waals surface area contributed by atoms with E-state index in [1.54, 1.807) is 53.5 Å². The molecule has 2 aromatic carbocycles. The van der Waals surface area contributed by atoms with Gasteiger partial charge in [0.05, 0.1) is 10.6 Å². The van der Waals surface area contributed by atoms with E-state index in [1.807, 2.05) is 25.1 Å². The highest BCUT2D eigenvalue weighted by atomic mass is 35.5. The third-order valence-corrected chi connectivity index (χ3v) is 6.02. The molecule has 10 heteroatoms. The van der Waals surface area contributed by atoms with Crippen molar-refractivity contribution in [1.29, 1.82) is 0 Å². The van der Waals surface area contributed by atoms with Crippen LogP contribution in [0.3, 0.4) is 0 Å². The van der Waals surface area contributed by atoms with Gasteiger partial charge in [0.1, 0.15) is 16.9 Å². The van der Waals surface area contributed by atoms with Gasteiger partial charge >= 0.3 is 0 Å². The molecule has 0 aliphatic carbocycles. The van der Waals surface area contributed by atoms with Gasteiger partial charge in [-0.2, -0.15) is 5.10 Å². The quantitative estimate of drug-likeness (QED) is 0.349. The number of amides is 1. The fourth-order valence-corrected chi connectivity index (χ4v) is 4.21. The zero-order valence-electron chi connectivity index (χ0n) is 18.8. The van der Waals surface area contributed by atoms with Crippen molar-refractivity contribution < 1.29 is 9.21 Å². The Morgan fingerprint density at radius 3 is 2.78 bits per heavy atom. The van der Waals surface area contributed by atoms with Crippen LogP contribution in [0.1, 0.15) is 15.9 Å². The van der Waals surface area contributed by atoms with E-state index < -0.39 is 5.56 Å². The van der Waals surface area contributed by atoms with Crippen molar-refractivity contribution in [3.8, 4) is 17.2 Å². The molecule has 4 heterocycles. The van der Waals surface area contributed by atoms with Crippen LogP contribution in [0, 0.1) is 6.92 Å². The van der Waals surface area contributed by atoms with Gasteiger partial charge in [-0.3, -0.25) is 9.59 Å². The smallest absolute Gasteiger partial charge is 0.294 e. The summed E-state index contributed by atoms with van der Waals surface area (Å²) in [6.45, 7) is 1.96. The van der Waals surface area contributed by atoms with Gasteiger partial charge < -0.3 is 14.7 Å². The average Bonchev–Trinajstić information content (AvgIpc) is 3.53. The third kappa shape index (κ3) is 3.81. The first-order chi connectivity index (χ1) is 17.5. The number of carbonyl (C=O) groups is 1. The molecule has 0 unspecified atom stereocenters. The van der Waals surface area contributed by atoms with Crippen LogP contribution < -0.4 is 10.9 Å². The maximum atomic E-state index is 12.7. The number of furan rings is 1. The number of aryl methyl sites for hydroxylation is 1. The van der Waals surface area contributed by atoms with Crippen LogP contribution in [0.25, 0.3) is 39.3 Å². The van der Waals surface area contributed by atoms with Crippen LogP contribution >= 0.6 is 11.6 Å². The number of hydrogen-bond donors (Lipinski definition) is 2. The Bertz CT molecular complexity index is 1820. The number of rotatable bonds is 4. The Morgan fingerprint density at radius 2 is 2.03 bits per heavy atom. The normalized spacial score (nSPS) is 11.3. The molecule has 0 saturated carbocycles. The first-order valence-corrected chi connectivity index (χ1v) is 11.3. The number of fused-ring (bicyclic) bond motifs is 3. The molecular formula is C26H17ClN6O3. The Balaban J connectivity index is 1.29. The topological polar surface area (TPSA) is 119 Å². The Morgan fingerprint density at radius 1 is 1.14 bits per heavy atom. The molecule has 176 valence electrons. The second kappa shape index (κ2) is 8.47. The maximum absolute atomic E-state index is 12.7. The first kappa shape index (κ1) is 21.8. The van der Waals surface area contributed by atoms with E-state index >= 15 is 0 Å². The van der Waals surface area contributed by atoms with Crippen LogP contribution in [0.2, 0.25) is 5.02 Å². The van der Waals surface area contributed by atoms with Crippen LogP contribution in [-0.4, -0.2) is 30.6 Å². The Labute approximate surface area is 208 Å². The van der Waals surface area contributed by atoms with E-state index in [0.717, 1.165) is 10.9 Å². The summed E-state index contributed by atoms with van der Waals surface area (Å²) in [5.74, 6) is 0.562. The molecule has 0 aliphatic rings. The van der Waals surface area contributed by atoms with Crippen LogP contribution in [0.4, 0.5) is 5.69 Å². The van der Waals surface area contributed by atoms with Gasteiger partial charge in [-0.1, -0.05) is 23.2 Å². The fourth-order valence-electron chi connectivity index (χ4n) is 3.94. The summed E-state index contributed by atoms with van der Waals surface area (Å²) in [7, 11) is 0. The molecule has 0 fully saturated rings. The monoisotopic (exact) mass is 496 g/mol. The number of anilines is 1. The van der Waals surface area contributed by atoms with Crippen molar-refractivity contribution in [2.45, 2.75) is 6.92 Å². The number of halogens is 1. The summed E-state index contributed by atoms with van der Waals surface area (Å²) in [5.41, 5.74) is 3.21. The fraction of sp³-hybridized carbons (Fsp3) is 0.0385. The van der Waals surface area contributed by atoms with Gasteiger partial charge in [0.25, 0.3) is 11.5 Å². The van der Waals surface area contributed by atoms with Gasteiger partial charge in [0.2, 0.25) is 5.58 Å². The van der Waals surface area contributed by atoms with Crippen molar-refractivity contribution in [2.75, 3.05) is 5.32 Å². The predicted octanol–water partition coefficient (Wildman–Crippen LogP) is 5.13. The molecule has 2 N–H and O–H groups in total. The number of aromatic amines is 1. The van der Waals surface area contributed by atoms with Gasteiger partial charge in [-0.25, -0.2) is 14.6 Å². The molecular weight excluding hydrogens is 480 g/mol. The summed E-state index contributed by atoms with van der Waals surface area (Å²) >= 11 is 6.53. The standard InChI is InChI=1S/C26H17ClN6O3/c1-14-3-7-20-18(11-14)22-23(36-20)26(35)32-24(31-22)17-6-5-16(12-19(17)27)30-25(34)15-4-8-21(28-13-15)33-10-2-9-29-33/h2-13H,1H3,(H,30,34)(H,31,32,35). The number of aromatic nitrogens is 5. The lowest BCUT2D eigenvalue weighted by molar-refractivity contribution is 0.102. The van der Waals surface area contributed by atoms with E-state index in [0.29, 0.717) is 44.6 Å². The largest absolute Gasteiger partial charge is 0.449 e. The van der Waals surface area contributed by atoms with Gasteiger partial charge in [0.15, 0.2) is 5.82 Å². The first-order valence-electron chi connectivity index (χ1n) is 11.0. The number of pyridine rings is 1. The number of hydrogen-bond acceptors (Lipinski definition) is 6. The van der Waals surface area contributed by atoms with Crippen molar-refractivity contribution in [3.63, 3.8) is 0 Å². The lowest BCUT2D eigenvalue weighted by Crippen LogP contribution is -2.13. The van der Waals surface area contributed by atoms with Crippen molar-refractivity contribution in [2.24, 2.45) is 0 Å². The second-order valence-electron chi connectivity index (χ2n) is 8.20. The lowest BCUT2D eigenvalue weighted by atomic mass is 10.1. The molecule has 0 aliphatic heterocycles. The summed E-state index contributed by atoms with van der Waals surface area (Å²) in [5, 5.41) is 7.99. The average molecular weight is 497 g/mol. The zero-order chi connectivity index (χ0) is 24.8. The molecule has 0 radical (unpaired) electrons. The van der Waals surface area contributed by atoms with Crippen molar-refractivity contribution >= 4 is 45.3 Å². The molecule has 6 rings (SSSR count). The van der Waals surface area contributed by atoms with Crippen LogP contribution in [0.15, 0.2) is 82.4 Å². The highest BCUT2D eigenvalue weighted by Gasteiger charge is 2.16. The molecule has 9 nitrogen and oxygen atoms in total. The molecule has 0 saturated heterocycles. The van der Waals surface area contributed by atoms with E-state index in [1.165, 1.54) is 6.20 Å². The highest BCUT2D eigenvalue weighted by molar-refractivity contribution is 6.33. The van der Waals surface area contributed by atoms with Gasteiger partial charge in [0, 0.05) is 35.2 Å². The summed E-state index contributed by atoms with van der Waals surface area (Å²) in [4.78, 5) is 37.1. The maximum Gasteiger partial charge on any atom is 0.294 e. The SMILES string of the molecule is Cc1ccc2oc3c(=O)[nH]c(-c4ccc(NC(=O)c5ccc(-n6cccn6)nc5)cc4Cl)nc3c2c1. The minimum atomic E-state index is -0.400. The molecule has 0 bridgehead atoms. The summed E-state index contributed by atoms with van der Waals surface area (Å²) < 4.78 is 7.30. The minimum absolute atomic E-state index is 0.159. The Kier molecular flexibility index (Phi) is 5.12. The Hall–Kier alpha value is -4.76. The van der Waals surface area contributed by atoms with E-state index in [-0.39, 0.29) is 11.5 Å². The highest BCUT2D eigenvalue weighted by Crippen LogP contribution is 2.31. The number of H-pyrrole nitrogens is 1. The number of carbonyl (C=O) groups excluding carboxylic acids is 1. The van der Waals surface area contributed by atoms with Crippen LogP contribution in [0.5, 0.6) is 0 Å². The zero-order valence-corrected chi connectivity index (χ0v) is 19.6. The third-order valence-electron chi connectivity index (χ3n) is 5.71. The van der Waals surface area contributed by atoms with E-state index in [2.05, 4.69) is 25.4 Å². The molecule has 0 spiro atoms. The molecule has 1 amide bonds. The predicted molar refractivity (Wildman–Crippen MR) is 137 cm³/mol.